The second kappa shape index (κ2) is 10.6. The van der Waals surface area contributed by atoms with Crippen molar-refractivity contribution in [3.63, 3.8) is 0 Å². The second-order valence-electron chi connectivity index (χ2n) is 7.78. The van der Waals surface area contributed by atoms with Gasteiger partial charge in [-0.2, -0.15) is 9.97 Å². The van der Waals surface area contributed by atoms with E-state index in [1.807, 2.05) is 60.7 Å². The Bertz CT molecular complexity index is 1050. The first-order valence-corrected chi connectivity index (χ1v) is 11.5. The summed E-state index contributed by atoms with van der Waals surface area (Å²) < 4.78 is 6.01. The summed E-state index contributed by atoms with van der Waals surface area (Å²) in [7, 11) is 0. The van der Waals surface area contributed by atoms with Crippen LogP contribution in [0, 0.1) is 0 Å². The Hall–Kier alpha value is -2.90. The molecule has 1 unspecified atom stereocenters. The van der Waals surface area contributed by atoms with E-state index in [4.69, 9.17) is 33.5 Å². The lowest BCUT2D eigenvalue weighted by atomic mass is 10.0. The van der Waals surface area contributed by atoms with Gasteiger partial charge in [-0.25, -0.2) is 0 Å². The number of benzene rings is 2. The molecule has 1 aliphatic heterocycles. The molecule has 32 heavy (non-hydrogen) atoms. The van der Waals surface area contributed by atoms with Crippen LogP contribution in [0.25, 0.3) is 0 Å². The monoisotopic (exact) mass is 467 g/mol. The summed E-state index contributed by atoms with van der Waals surface area (Å²) in [6.45, 7) is 3.76. The van der Waals surface area contributed by atoms with Gasteiger partial charge in [-0.3, -0.25) is 0 Å². The van der Waals surface area contributed by atoms with Crippen LogP contribution >= 0.6 is 23.8 Å². The summed E-state index contributed by atoms with van der Waals surface area (Å²) in [5.41, 5.74) is 1.07. The third-order valence-electron chi connectivity index (χ3n) is 5.34. The Kier molecular flexibility index (Phi) is 7.39. The number of nitrogens with zero attached hydrogens (tertiary/aromatic N) is 3. The molecule has 166 valence electrons. The van der Waals surface area contributed by atoms with E-state index in [0.717, 1.165) is 36.5 Å². The summed E-state index contributed by atoms with van der Waals surface area (Å²) in [5, 5.41) is 7.44. The molecule has 0 saturated carbocycles. The highest BCUT2D eigenvalue weighted by molar-refractivity contribution is 7.80. The smallest absolute Gasteiger partial charge is 0.234 e. The first kappa shape index (κ1) is 22.3. The van der Waals surface area contributed by atoms with Gasteiger partial charge >= 0.3 is 0 Å². The van der Waals surface area contributed by atoms with Gasteiger partial charge in [-0.15, -0.1) is 0 Å². The molecule has 1 saturated heterocycles. The quantitative estimate of drug-likeness (QED) is 0.445. The Morgan fingerprint density at radius 3 is 2.66 bits per heavy atom. The highest BCUT2D eigenvalue weighted by atomic mass is 35.5. The molecule has 0 radical (unpaired) electrons. The van der Waals surface area contributed by atoms with Crippen LogP contribution in [-0.2, 0) is 6.54 Å². The molecule has 2 N–H and O–H groups in total. The molecule has 3 aromatic rings. The lowest BCUT2D eigenvalue weighted by molar-refractivity contribution is 0.457. The third kappa shape index (κ3) is 6.08. The van der Waals surface area contributed by atoms with Crippen LogP contribution in [0.5, 0.6) is 11.6 Å². The number of piperidine rings is 1. The summed E-state index contributed by atoms with van der Waals surface area (Å²) in [6.07, 6.45) is 3.52. The molecule has 1 atom stereocenters. The average molecular weight is 468 g/mol. The molecule has 2 heterocycles. The Labute approximate surface area is 199 Å². The summed E-state index contributed by atoms with van der Waals surface area (Å²) in [4.78, 5) is 11.6. The molecule has 2 aromatic carbocycles. The number of thiocarbonyl (C=S) groups is 1. The number of nitrogens with one attached hydrogen (secondary N) is 2. The predicted molar refractivity (Wildman–Crippen MR) is 134 cm³/mol. The summed E-state index contributed by atoms with van der Waals surface area (Å²) >= 11 is 11.4. The van der Waals surface area contributed by atoms with Gasteiger partial charge in [0, 0.05) is 30.2 Å². The van der Waals surface area contributed by atoms with E-state index >= 15 is 0 Å². The molecule has 0 aliphatic carbocycles. The van der Waals surface area contributed by atoms with Crippen LogP contribution in [0.15, 0.2) is 60.7 Å². The van der Waals surface area contributed by atoms with E-state index in [1.54, 1.807) is 0 Å². The van der Waals surface area contributed by atoms with Gasteiger partial charge in [0.2, 0.25) is 11.8 Å². The molecule has 1 fully saturated rings. The second-order valence-corrected chi connectivity index (χ2v) is 8.62. The van der Waals surface area contributed by atoms with Crippen molar-refractivity contribution >= 4 is 40.7 Å². The van der Waals surface area contributed by atoms with E-state index in [9.17, 15) is 0 Å². The largest absolute Gasteiger partial charge is 0.439 e. The molecule has 0 spiro atoms. The molecule has 1 aliphatic rings. The van der Waals surface area contributed by atoms with Gasteiger partial charge in [0.05, 0.1) is 0 Å². The Morgan fingerprint density at radius 1 is 1.12 bits per heavy atom. The topological polar surface area (TPSA) is 62.3 Å². The fourth-order valence-electron chi connectivity index (χ4n) is 3.65. The van der Waals surface area contributed by atoms with Crippen molar-refractivity contribution in [3.8, 4) is 11.6 Å². The van der Waals surface area contributed by atoms with Gasteiger partial charge < -0.3 is 20.3 Å². The minimum absolute atomic E-state index is 0.403. The predicted octanol–water partition coefficient (Wildman–Crippen LogP) is 5.79. The van der Waals surface area contributed by atoms with E-state index < -0.39 is 0 Å². The van der Waals surface area contributed by atoms with Crippen molar-refractivity contribution in [2.45, 2.75) is 38.8 Å². The molecule has 0 bridgehead atoms. The summed E-state index contributed by atoms with van der Waals surface area (Å²) in [5.74, 6) is 2.43. The molecule has 4 rings (SSSR count). The van der Waals surface area contributed by atoms with Crippen LogP contribution in [0.1, 0.15) is 31.7 Å². The van der Waals surface area contributed by atoms with Crippen LogP contribution in [0.3, 0.4) is 0 Å². The van der Waals surface area contributed by atoms with Gasteiger partial charge in [0.1, 0.15) is 11.6 Å². The third-order valence-corrected chi connectivity index (χ3v) is 5.84. The maximum Gasteiger partial charge on any atom is 0.234 e. The molecule has 0 amide bonds. The van der Waals surface area contributed by atoms with Gasteiger partial charge in [0.25, 0.3) is 0 Å². The molecular weight excluding hydrogens is 442 g/mol. The van der Waals surface area contributed by atoms with E-state index in [2.05, 4.69) is 27.4 Å². The maximum absolute atomic E-state index is 6.01. The van der Waals surface area contributed by atoms with Crippen molar-refractivity contribution < 1.29 is 4.74 Å². The zero-order valence-corrected chi connectivity index (χ0v) is 19.5. The van der Waals surface area contributed by atoms with Crippen LogP contribution in [0.2, 0.25) is 5.02 Å². The van der Waals surface area contributed by atoms with Crippen LogP contribution in [0.4, 0.5) is 11.8 Å². The SMILES string of the molecule is CC1CCCCN1c1cc(Oc2ccccc2)nc(NC(=S)NCc2ccc(Cl)cc2)n1. The highest BCUT2D eigenvalue weighted by Crippen LogP contribution is 2.28. The molecular formula is C24H26ClN5OS. The van der Waals surface area contributed by atoms with Crippen molar-refractivity contribution in [1.82, 2.24) is 15.3 Å². The number of aromatic nitrogens is 2. The van der Waals surface area contributed by atoms with Crippen molar-refractivity contribution in [2.75, 3.05) is 16.8 Å². The first-order chi connectivity index (χ1) is 15.6. The van der Waals surface area contributed by atoms with Gasteiger partial charge in [-0.1, -0.05) is 41.9 Å². The average Bonchev–Trinajstić information content (AvgIpc) is 2.79. The van der Waals surface area contributed by atoms with Crippen LogP contribution < -0.4 is 20.3 Å². The van der Waals surface area contributed by atoms with E-state index in [1.165, 1.54) is 6.42 Å². The standard InChI is InChI=1S/C24H26ClN5OS/c1-17-7-5-6-14-30(17)21-15-22(31-20-8-3-2-4-9-20)28-23(27-21)29-24(32)26-16-18-10-12-19(25)13-11-18/h2-4,8-13,15,17H,5-7,14,16H2,1H3,(H2,26,27,28,29,32). The molecule has 1 aromatic heterocycles. The molecule has 8 heteroatoms. The minimum atomic E-state index is 0.403. The van der Waals surface area contributed by atoms with Gasteiger partial charge in [0.15, 0.2) is 5.11 Å². The normalized spacial score (nSPS) is 15.8. The number of halogens is 1. The van der Waals surface area contributed by atoms with E-state index in [-0.39, 0.29) is 0 Å². The summed E-state index contributed by atoms with van der Waals surface area (Å²) in [6, 6.07) is 19.5. The molecule has 6 nitrogen and oxygen atoms in total. The van der Waals surface area contributed by atoms with Crippen molar-refractivity contribution in [1.29, 1.82) is 0 Å². The highest BCUT2D eigenvalue weighted by Gasteiger charge is 2.21. The fraction of sp³-hybridized carbons (Fsp3) is 0.292. The maximum atomic E-state index is 6.01. The minimum Gasteiger partial charge on any atom is -0.439 e. The number of rotatable bonds is 6. The number of anilines is 2. The fourth-order valence-corrected chi connectivity index (χ4v) is 3.94. The number of para-hydroxylation sites is 1. The van der Waals surface area contributed by atoms with Crippen molar-refractivity contribution in [2.24, 2.45) is 0 Å². The van der Waals surface area contributed by atoms with E-state index in [0.29, 0.717) is 34.5 Å². The zero-order valence-electron chi connectivity index (χ0n) is 17.9. The van der Waals surface area contributed by atoms with Crippen LogP contribution in [-0.4, -0.2) is 27.7 Å². The van der Waals surface area contributed by atoms with Gasteiger partial charge in [-0.05, 0) is 68.2 Å². The first-order valence-electron chi connectivity index (χ1n) is 10.7. The Morgan fingerprint density at radius 2 is 1.91 bits per heavy atom. The Balaban J connectivity index is 1.51. The number of ether oxygens (including phenoxy) is 1. The lowest BCUT2D eigenvalue weighted by Crippen LogP contribution is -2.38. The zero-order chi connectivity index (χ0) is 22.3. The number of hydrogen-bond donors (Lipinski definition) is 2. The lowest BCUT2D eigenvalue weighted by Gasteiger charge is -2.34. The van der Waals surface area contributed by atoms with Crippen molar-refractivity contribution in [3.05, 3.63) is 71.2 Å². The number of hydrogen-bond acceptors (Lipinski definition) is 5.